The lowest BCUT2D eigenvalue weighted by atomic mass is 10.0. The minimum absolute atomic E-state index is 0.102. The van der Waals surface area contributed by atoms with Crippen LogP contribution >= 0.6 is 0 Å². The smallest absolute Gasteiger partial charge is 0.319 e. The van der Waals surface area contributed by atoms with Crippen LogP contribution in [-0.4, -0.2) is 23.7 Å². The number of anilines is 1. The number of hydrogen-bond donors (Lipinski definition) is 3. The molecule has 0 aliphatic rings. The number of nitrogens with one attached hydrogen (secondary N) is 2. The molecular weight excluding hydrogens is 244 g/mol. The number of benzene rings is 1. The topological polar surface area (TPSA) is 78.4 Å². The lowest BCUT2D eigenvalue weighted by Crippen LogP contribution is -2.34. The predicted octanol–water partition coefficient (Wildman–Crippen LogP) is 2.65. The highest BCUT2D eigenvalue weighted by atomic mass is 16.4. The van der Waals surface area contributed by atoms with E-state index in [9.17, 15) is 9.59 Å². The highest BCUT2D eigenvalue weighted by molar-refractivity contribution is 5.89. The molecule has 1 unspecified atom stereocenters. The monoisotopic (exact) mass is 264 g/mol. The molecule has 0 spiro atoms. The maximum absolute atomic E-state index is 11.6. The van der Waals surface area contributed by atoms with Gasteiger partial charge in [0, 0.05) is 12.2 Å². The van der Waals surface area contributed by atoms with Crippen LogP contribution in [0.15, 0.2) is 24.3 Å². The van der Waals surface area contributed by atoms with E-state index in [1.54, 1.807) is 13.0 Å². The Hall–Kier alpha value is -2.04. The summed E-state index contributed by atoms with van der Waals surface area (Å²) in [6.07, 6.45) is 0. The van der Waals surface area contributed by atoms with Crippen LogP contribution in [0.4, 0.5) is 10.5 Å². The fourth-order valence-electron chi connectivity index (χ4n) is 1.48. The third kappa shape index (κ3) is 4.99. The van der Waals surface area contributed by atoms with Crippen LogP contribution in [0.5, 0.6) is 0 Å². The zero-order chi connectivity index (χ0) is 14.4. The van der Waals surface area contributed by atoms with Gasteiger partial charge in [-0.1, -0.05) is 32.9 Å². The summed E-state index contributed by atoms with van der Waals surface area (Å²) in [6.45, 7) is 5.80. The quantitative estimate of drug-likeness (QED) is 0.765. The molecule has 0 aliphatic heterocycles. The van der Waals surface area contributed by atoms with Crippen molar-refractivity contribution in [2.75, 3.05) is 11.9 Å². The van der Waals surface area contributed by atoms with E-state index in [-0.39, 0.29) is 6.54 Å². The van der Waals surface area contributed by atoms with E-state index in [1.807, 2.05) is 18.2 Å². The first-order chi connectivity index (χ1) is 8.90. The number of carboxylic acids is 1. The van der Waals surface area contributed by atoms with E-state index in [4.69, 9.17) is 5.11 Å². The Morgan fingerprint density at radius 3 is 2.53 bits per heavy atom. The number of aliphatic carboxylic acids is 1. The minimum atomic E-state index is -0.929. The molecule has 5 heteroatoms. The normalized spacial score (nSPS) is 12.0. The standard InChI is InChI=1S/C14H20N2O3/c1-9(2)11-5-4-6-12(7-11)16-14(19)15-8-10(3)13(17)18/h4-7,9-10H,8H2,1-3H3,(H,17,18)(H2,15,16,19). The van der Waals surface area contributed by atoms with Crippen molar-refractivity contribution in [2.24, 2.45) is 5.92 Å². The fraction of sp³-hybridized carbons (Fsp3) is 0.429. The summed E-state index contributed by atoms with van der Waals surface area (Å²) >= 11 is 0. The molecule has 0 bridgehead atoms. The lowest BCUT2D eigenvalue weighted by molar-refractivity contribution is -0.140. The van der Waals surface area contributed by atoms with Crippen molar-refractivity contribution in [3.05, 3.63) is 29.8 Å². The van der Waals surface area contributed by atoms with Crippen molar-refractivity contribution >= 4 is 17.7 Å². The minimum Gasteiger partial charge on any atom is -0.481 e. The van der Waals surface area contributed by atoms with Gasteiger partial charge in [-0.3, -0.25) is 4.79 Å². The van der Waals surface area contributed by atoms with E-state index in [0.717, 1.165) is 5.56 Å². The van der Waals surface area contributed by atoms with Gasteiger partial charge < -0.3 is 15.7 Å². The van der Waals surface area contributed by atoms with Gasteiger partial charge in [0.1, 0.15) is 0 Å². The van der Waals surface area contributed by atoms with Crippen LogP contribution in [0, 0.1) is 5.92 Å². The number of rotatable bonds is 5. The van der Waals surface area contributed by atoms with Crippen LogP contribution in [0.3, 0.4) is 0 Å². The van der Waals surface area contributed by atoms with E-state index >= 15 is 0 Å². The molecule has 1 rings (SSSR count). The van der Waals surface area contributed by atoms with Crippen molar-refractivity contribution in [3.8, 4) is 0 Å². The summed E-state index contributed by atoms with van der Waals surface area (Å²) in [5, 5.41) is 13.9. The average molecular weight is 264 g/mol. The third-order valence-corrected chi connectivity index (χ3v) is 2.80. The molecule has 0 aliphatic carbocycles. The first-order valence-electron chi connectivity index (χ1n) is 6.27. The molecule has 3 N–H and O–H groups in total. The molecule has 0 aromatic heterocycles. The van der Waals surface area contributed by atoms with Crippen LogP contribution in [-0.2, 0) is 4.79 Å². The predicted molar refractivity (Wildman–Crippen MR) is 74.4 cm³/mol. The van der Waals surface area contributed by atoms with Crippen LogP contribution in [0.25, 0.3) is 0 Å². The molecule has 5 nitrogen and oxygen atoms in total. The number of carbonyl (C=O) groups excluding carboxylic acids is 1. The van der Waals surface area contributed by atoms with Gasteiger partial charge in [0.15, 0.2) is 0 Å². The van der Waals surface area contributed by atoms with E-state index < -0.39 is 17.9 Å². The van der Waals surface area contributed by atoms with Crippen molar-refractivity contribution in [1.82, 2.24) is 5.32 Å². The Kier molecular flexibility index (Phi) is 5.36. The molecule has 104 valence electrons. The Balaban J connectivity index is 2.53. The second-order valence-electron chi connectivity index (χ2n) is 4.85. The second kappa shape index (κ2) is 6.78. The molecule has 1 aromatic carbocycles. The Labute approximate surface area is 113 Å². The molecule has 0 heterocycles. The second-order valence-corrected chi connectivity index (χ2v) is 4.85. The first kappa shape index (κ1) is 15.0. The third-order valence-electron chi connectivity index (χ3n) is 2.80. The molecule has 0 saturated carbocycles. The zero-order valence-electron chi connectivity index (χ0n) is 11.4. The molecule has 1 aromatic rings. The molecular formula is C14H20N2O3. The number of hydrogen-bond acceptors (Lipinski definition) is 2. The molecule has 0 saturated heterocycles. The Morgan fingerprint density at radius 2 is 1.95 bits per heavy atom. The summed E-state index contributed by atoms with van der Waals surface area (Å²) in [7, 11) is 0. The summed E-state index contributed by atoms with van der Waals surface area (Å²) in [5.74, 6) is -1.15. The number of amides is 2. The number of carboxylic acid groups (broad SMARTS) is 1. The van der Waals surface area contributed by atoms with E-state index in [0.29, 0.717) is 11.6 Å². The van der Waals surface area contributed by atoms with Crippen LogP contribution in [0.2, 0.25) is 0 Å². The maximum atomic E-state index is 11.6. The van der Waals surface area contributed by atoms with Crippen molar-refractivity contribution in [2.45, 2.75) is 26.7 Å². The summed E-state index contributed by atoms with van der Waals surface area (Å²) in [6, 6.07) is 7.19. The van der Waals surface area contributed by atoms with Gasteiger partial charge in [-0.05, 0) is 23.6 Å². The maximum Gasteiger partial charge on any atom is 0.319 e. The Morgan fingerprint density at radius 1 is 1.26 bits per heavy atom. The van der Waals surface area contributed by atoms with Crippen molar-refractivity contribution < 1.29 is 14.7 Å². The number of urea groups is 1. The van der Waals surface area contributed by atoms with Gasteiger partial charge in [-0.2, -0.15) is 0 Å². The highest BCUT2D eigenvalue weighted by Gasteiger charge is 2.12. The molecule has 0 fully saturated rings. The van der Waals surface area contributed by atoms with E-state index in [1.165, 1.54) is 0 Å². The lowest BCUT2D eigenvalue weighted by Gasteiger charge is -2.11. The van der Waals surface area contributed by atoms with E-state index in [2.05, 4.69) is 24.5 Å². The Bertz CT molecular complexity index is 458. The van der Waals surface area contributed by atoms with Gasteiger partial charge in [0.2, 0.25) is 0 Å². The van der Waals surface area contributed by atoms with Gasteiger partial charge in [0.05, 0.1) is 5.92 Å². The fourth-order valence-corrected chi connectivity index (χ4v) is 1.48. The van der Waals surface area contributed by atoms with Crippen molar-refractivity contribution in [3.63, 3.8) is 0 Å². The van der Waals surface area contributed by atoms with Crippen LogP contribution < -0.4 is 10.6 Å². The SMILES string of the molecule is CC(CNC(=O)Nc1cccc(C(C)C)c1)C(=O)O. The van der Waals surface area contributed by atoms with Gasteiger partial charge >= 0.3 is 12.0 Å². The molecule has 0 radical (unpaired) electrons. The zero-order valence-corrected chi connectivity index (χ0v) is 11.4. The summed E-state index contributed by atoms with van der Waals surface area (Å²) in [5.41, 5.74) is 1.84. The first-order valence-corrected chi connectivity index (χ1v) is 6.27. The summed E-state index contributed by atoms with van der Waals surface area (Å²) < 4.78 is 0. The van der Waals surface area contributed by atoms with Gasteiger partial charge in [-0.15, -0.1) is 0 Å². The molecule has 2 amide bonds. The summed E-state index contributed by atoms with van der Waals surface area (Å²) in [4.78, 5) is 22.2. The van der Waals surface area contributed by atoms with Gasteiger partial charge in [0.25, 0.3) is 0 Å². The number of carbonyl (C=O) groups is 2. The largest absolute Gasteiger partial charge is 0.481 e. The molecule has 19 heavy (non-hydrogen) atoms. The average Bonchev–Trinajstić information content (AvgIpc) is 2.36. The van der Waals surface area contributed by atoms with Crippen LogP contribution in [0.1, 0.15) is 32.3 Å². The van der Waals surface area contributed by atoms with Gasteiger partial charge in [-0.25, -0.2) is 4.79 Å². The highest BCUT2D eigenvalue weighted by Crippen LogP contribution is 2.18. The van der Waals surface area contributed by atoms with Crippen molar-refractivity contribution in [1.29, 1.82) is 0 Å². The molecule has 1 atom stereocenters.